The van der Waals surface area contributed by atoms with Crippen molar-refractivity contribution in [3.8, 4) is 0 Å². The largest absolute Gasteiger partial charge is 0.394 e. The fourth-order valence-electron chi connectivity index (χ4n) is 2.56. The second-order valence-electron chi connectivity index (χ2n) is 5.46. The number of hydrogen-bond acceptors (Lipinski definition) is 8. The van der Waals surface area contributed by atoms with Crippen molar-refractivity contribution in [1.29, 1.82) is 0 Å². The molecular weight excluding hydrogens is 378 g/mol. The number of rotatable bonds is 5. The van der Waals surface area contributed by atoms with Crippen molar-refractivity contribution < 1.29 is 39.7 Å². The Morgan fingerprint density at radius 3 is 2.13 bits per heavy atom. The number of aliphatic hydroxyl groups excluding tert-OH is 5. The Labute approximate surface area is 147 Å². The van der Waals surface area contributed by atoms with Crippen molar-refractivity contribution in [2.45, 2.75) is 54.1 Å². The van der Waals surface area contributed by atoms with Crippen molar-refractivity contribution in [2.75, 3.05) is 18.4 Å². The van der Waals surface area contributed by atoms with E-state index in [2.05, 4.69) is 0 Å². The normalized spacial score (nSPS) is 51.1. The minimum Gasteiger partial charge on any atom is -0.394 e. The number of aliphatic hydroxyl groups is 5. The third kappa shape index (κ3) is 3.58. The van der Waals surface area contributed by atoms with Gasteiger partial charge in [-0.05, 0) is 0 Å². The third-order valence-electron chi connectivity index (χ3n) is 3.96. The minimum atomic E-state index is -1.90. The van der Waals surface area contributed by atoms with Crippen LogP contribution < -0.4 is 0 Å². The molecule has 9 atom stereocenters. The van der Waals surface area contributed by atoms with E-state index in [9.17, 15) is 25.5 Å². The standard InChI is InChI=1S/C12H19Cl3O8/c13-1-4-7(17)10(20)12(3-14,22-4)23-11-9(19)8(18)6(15)5(2-16)21-11/h4-11,16-20H,1-3H2/t4-,5?,6-,7?,8-,9?,10+,11-,12-/m0/s1. The van der Waals surface area contributed by atoms with Gasteiger partial charge in [0.1, 0.15) is 36.6 Å². The topological polar surface area (TPSA) is 129 Å². The summed E-state index contributed by atoms with van der Waals surface area (Å²) in [5, 5.41) is 48.1. The Balaban J connectivity index is 2.18. The lowest BCUT2D eigenvalue weighted by molar-refractivity contribution is -0.357. The van der Waals surface area contributed by atoms with Crippen LogP contribution in [0.2, 0.25) is 0 Å². The maximum absolute atomic E-state index is 10.1. The predicted octanol–water partition coefficient (Wildman–Crippen LogP) is -1.66. The van der Waals surface area contributed by atoms with Gasteiger partial charge in [-0.3, -0.25) is 0 Å². The Morgan fingerprint density at radius 2 is 1.65 bits per heavy atom. The van der Waals surface area contributed by atoms with Crippen LogP contribution in [0.25, 0.3) is 0 Å². The molecule has 2 fully saturated rings. The van der Waals surface area contributed by atoms with E-state index in [1.165, 1.54) is 0 Å². The first-order chi connectivity index (χ1) is 10.8. The van der Waals surface area contributed by atoms with Crippen LogP contribution >= 0.6 is 34.8 Å². The van der Waals surface area contributed by atoms with Gasteiger partial charge < -0.3 is 39.7 Å². The highest BCUT2D eigenvalue weighted by Crippen LogP contribution is 2.37. The molecule has 0 aromatic rings. The second kappa shape index (κ2) is 7.84. The molecule has 0 amide bonds. The molecule has 0 bridgehead atoms. The Kier molecular flexibility index (Phi) is 6.77. The van der Waals surface area contributed by atoms with E-state index in [0.29, 0.717) is 0 Å². The molecule has 0 aliphatic carbocycles. The minimum absolute atomic E-state index is 0.125. The second-order valence-corrected chi connectivity index (χ2v) is 6.54. The van der Waals surface area contributed by atoms with Gasteiger partial charge in [0.2, 0.25) is 5.79 Å². The third-order valence-corrected chi connectivity index (χ3v) is 5.17. The molecule has 2 heterocycles. The van der Waals surface area contributed by atoms with Gasteiger partial charge in [-0.2, -0.15) is 0 Å². The molecule has 2 aliphatic rings. The molecule has 136 valence electrons. The molecule has 0 aromatic carbocycles. The van der Waals surface area contributed by atoms with Gasteiger partial charge in [0.25, 0.3) is 0 Å². The van der Waals surface area contributed by atoms with Gasteiger partial charge >= 0.3 is 0 Å². The van der Waals surface area contributed by atoms with Crippen molar-refractivity contribution in [3.05, 3.63) is 0 Å². The average Bonchev–Trinajstić information content (AvgIpc) is 2.80. The van der Waals surface area contributed by atoms with Crippen molar-refractivity contribution >= 4 is 34.8 Å². The number of alkyl halides is 3. The first-order valence-electron chi connectivity index (χ1n) is 6.91. The van der Waals surface area contributed by atoms with Crippen LogP contribution in [0.1, 0.15) is 0 Å². The van der Waals surface area contributed by atoms with Crippen molar-refractivity contribution in [3.63, 3.8) is 0 Å². The van der Waals surface area contributed by atoms with Gasteiger partial charge in [0.15, 0.2) is 6.29 Å². The summed E-state index contributed by atoms with van der Waals surface area (Å²) in [5.74, 6) is -2.43. The molecule has 11 heteroatoms. The van der Waals surface area contributed by atoms with Gasteiger partial charge in [0, 0.05) is 0 Å². The van der Waals surface area contributed by atoms with Gasteiger partial charge in [-0.15, -0.1) is 34.8 Å². The average molecular weight is 398 g/mol. The lowest BCUT2D eigenvalue weighted by Gasteiger charge is -2.43. The summed E-state index contributed by atoms with van der Waals surface area (Å²) >= 11 is 17.3. The van der Waals surface area contributed by atoms with E-state index in [4.69, 9.17) is 49.0 Å². The van der Waals surface area contributed by atoms with E-state index < -0.39 is 66.6 Å². The summed E-state index contributed by atoms with van der Waals surface area (Å²) in [6, 6.07) is 0. The van der Waals surface area contributed by atoms with Crippen molar-refractivity contribution in [2.24, 2.45) is 0 Å². The summed E-state index contributed by atoms with van der Waals surface area (Å²) in [6.45, 7) is -0.526. The number of hydrogen-bond donors (Lipinski definition) is 5. The van der Waals surface area contributed by atoms with Gasteiger partial charge in [-0.25, -0.2) is 0 Å². The summed E-state index contributed by atoms with van der Waals surface area (Å²) in [7, 11) is 0. The van der Waals surface area contributed by atoms with Crippen LogP contribution in [0, 0.1) is 0 Å². The zero-order valence-corrected chi connectivity index (χ0v) is 14.1. The van der Waals surface area contributed by atoms with Crippen LogP contribution in [0.5, 0.6) is 0 Å². The van der Waals surface area contributed by atoms with Crippen LogP contribution in [-0.2, 0) is 14.2 Å². The highest BCUT2D eigenvalue weighted by atomic mass is 35.5. The Bertz CT molecular complexity index is 403. The first-order valence-corrected chi connectivity index (χ1v) is 8.42. The highest BCUT2D eigenvalue weighted by Gasteiger charge is 2.58. The van der Waals surface area contributed by atoms with Gasteiger partial charge in [0.05, 0.1) is 23.7 Å². The van der Waals surface area contributed by atoms with E-state index >= 15 is 0 Å². The van der Waals surface area contributed by atoms with E-state index in [1.807, 2.05) is 0 Å². The zero-order valence-electron chi connectivity index (χ0n) is 11.8. The molecule has 0 aromatic heterocycles. The van der Waals surface area contributed by atoms with Gasteiger partial charge in [-0.1, -0.05) is 0 Å². The van der Waals surface area contributed by atoms with E-state index in [0.717, 1.165) is 0 Å². The highest BCUT2D eigenvalue weighted by molar-refractivity contribution is 6.21. The maximum atomic E-state index is 10.1. The first kappa shape index (κ1) is 19.9. The molecule has 2 saturated heterocycles. The fourth-order valence-corrected chi connectivity index (χ4v) is 3.37. The molecular formula is C12H19Cl3O8. The summed E-state index contributed by atoms with van der Waals surface area (Å²) in [5.41, 5.74) is 0. The number of ether oxygens (including phenoxy) is 3. The van der Waals surface area contributed by atoms with Crippen LogP contribution in [0.3, 0.4) is 0 Å². The molecule has 8 nitrogen and oxygen atoms in total. The predicted molar refractivity (Wildman–Crippen MR) is 79.5 cm³/mol. The molecule has 2 aliphatic heterocycles. The maximum Gasteiger partial charge on any atom is 0.214 e. The smallest absolute Gasteiger partial charge is 0.214 e. The van der Waals surface area contributed by atoms with E-state index in [-0.39, 0.29) is 5.88 Å². The lowest BCUT2D eigenvalue weighted by Crippen LogP contribution is -2.61. The fraction of sp³-hybridized carbons (Fsp3) is 1.00. The van der Waals surface area contributed by atoms with Crippen molar-refractivity contribution in [1.82, 2.24) is 0 Å². The van der Waals surface area contributed by atoms with E-state index in [1.54, 1.807) is 0 Å². The summed E-state index contributed by atoms with van der Waals surface area (Å²) < 4.78 is 16.1. The lowest BCUT2D eigenvalue weighted by atomic mass is 10.0. The summed E-state index contributed by atoms with van der Waals surface area (Å²) in [4.78, 5) is 0. The Hall–Kier alpha value is 0.550. The van der Waals surface area contributed by atoms with Crippen LogP contribution in [0.4, 0.5) is 0 Å². The molecule has 0 spiro atoms. The molecule has 3 unspecified atom stereocenters. The van der Waals surface area contributed by atoms with Crippen LogP contribution in [-0.4, -0.2) is 98.0 Å². The number of halogens is 3. The quantitative estimate of drug-likeness (QED) is 0.349. The monoisotopic (exact) mass is 396 g/mol. The molecule has 23 heavy (non-hydrogen) atoms. The molecule has 2 rings (SSSR count). The SMILES string of the molecule is OCC1O[C@@H](O[C@]2(CCl)O[C@@H](CCl)C(O)[C@H]2O)C(O)[C@@H](O)[C@H]1Cl. The van der Waals surface area contributed by atoms with Crippen LogP contribution in [0.15, 0.2) is 0 Å². The molecule has 5 N–H and O–H groups in total. The molecule has 0 saturated carbocycles. The summed E-state index contributed by atoms with van der Waals surface area (Å²) in [6.07, 6.45) is -9.39. The Morgan fingerprint density at radius 1 is 1.00 bits per heavy atom. The molecule has 0 radical (unpaired) electrons. The zero-order chi connectivity index (χ0) is 17.4.